The van der Waals surface area contributed by atoms with Crippen LogP contribution in [0.25, 0.3) is 0 Å². The third-order valence-electron chi connectivity index (χ3n) is 5.46. The quantitative estimate of drug-likeness (QED) is 0.822. The number of piperidine rings is 1. The number of amides is 3. The van der Waals surface area contributed by atoms with Crippen LogP contribution in [0.5, 0.6) is 0 Å². The highest BCUT2D eigenvalue weighted by Gasteiger charge is 2.28. The van der Waals surface area contributed by atoms with E-state index < -0.39 is 0 Å². The Kier molecular flexibility index (Phi) is 6.78. The van der Waals surface area contributed by atoms with Crippen molar-refractivity contribution < 1.29 is 9.59 Å². The van der Waals surface area contributed by atoms with E-state index >= 15 is 0 Å². The van der Waals surface area contributed by atoms with Gasteiger partial charge in [-0.2, -0.15) is 0 Å². The van der Waals surface area contributed by atoms with Gasteiger partial charge in [-0.3, -0.25) is 4.79 Å². The molecular formula is C20H28ClN3O2. The standard InChI is InChI=1S/C20H28ClN3O2/c21-17-8-10-18(11-9-17)23-20(26)24-12-4-7-16(14-24)19(25)22-13-15-5-2-1-3-6-15/h8-11,15-16H,1-7,12-14H2,(H,22,25)(H,23,26). The first-order chi connectivity index (χ1) is 12.6. The molecular weight excluding hydrogens is 350 g/mol. The van der Waals surface area contributed by atoms with Gasteiger partial charge in [0.05, 0.1) is 5.92 Å². The molecule has 142 valence electrons. The number of nitrogens with zero attached hydrogens (tertiary/aromatic N) is 1. The lowest BCUT2D eigenvalue weighted by atomic mass is 9.89. The molecule has 1 heterocycles. The fourth-order valence-electron chi connectivity index (χ4n) is 3.89. The molecule has 3 rings (SSSR count). The van der Waals surface area contributed by atoms with Crippen molar-refractivity contribution in [3.8, 4) is 0 Å². The number of hydrogen-bond acceptors (Lipinski definition) is 2. The van der Waals surface area contributed by atoms with Crippen LogP contribution in [0.3, 0.4) is 0 Å². The summed E-state index contributed by atoms with van der Waals surface area (Å²) in [5.74, 6) is 0.614. The van der Waals surface area contributed by atoms with Crippen LogP contribution in [0.2, 0.25) is 5.02 Å². The maximum absolute atomic E-state index is 12.5. The summed E-state index contributed by atoms with van der Waals surface area (Å²) in [4.78, 5) is 26.7. The molecule has 1 unspecified atom stereocenters. The number of halogens is 1. The fraction of sp³-hybridized carbons (Fsp3) is 0.600. The normalized spacial score (nSPS) is 21.3. The van der Waals surface area contributed by atoms with Crippen molar-refractivity contribution in [3.05, 3.63) is 29.3 Å². The van der Waals surface area contributed by atoms with Crippen molar-refractivity contribution in [2.75, 3.05) is 25.0 Å². The molecule has 0 spiro atoms. The second-order valence-corrected chi connectivity index (χ2v) is 7.91. The van der Waals surface area contributed by atoms with Crippen LogP contribution in [0.1, 0.15) is 44.9 Å². The monoisotopic (exact) mass is 377 g/mol. The van der Waals surface area contributed by atoms with Crippen LogP contribution >= 0.6 is 11.6 Å². The highest BCUT2D eigenvalue weighted by Crippen LogP contribution is 2.23. The van der Waals surface area contributed by atoms with Crippen LogP contribution in [0, 0.1) is 11.8 Å². The molecule has 1 saturated heterocycles. The van der Waals surface area contributed by atoms with Gasteiger partial charge in [-0.25, -0.2) is 4.79 Å². The Hall–Kier alpha value is -1.75. The summed E-state index contributed by atoms with van der Waals surface area (Å²) in [5, 5.41) is 6.64. The highest BCUT2D eigenvalue weighted by molar-refractivity contribution is 6.30. The molecule has 0 aromatic heterocycles. The molecule has 6 heteroatoms. The summed E-state index contributed by atoms with van der Waals surface area (Å²) in [6.07, 6.45) is 8.04. The molecule has 2 N–H and O–H groups in total. The third-order valence-corrected chi connectivity index (χ3v) is 5.72. The van der Waals surface area contributed by atoms with Gasteiger partial charge in [-0.05, 0) is 55.9 Å². The first-order valence-electron chi connectivity index (χ1n) is 9.71. The van der Waals surface area contributed by atoms with E-state index in [0.29, 0.717) is 29.7 Å². The van der Waals surface area contributed by atoms with Gasteiger partial charge in [0.1, 0.15) is 0 Å². The fourth-order valence-corrected chi connectivity index (χ4v) is 4.02. The number of hydrogen-bond donors (Lipinski definition) is 2. The van der Waals surface area contributed by atoms with Crippen molar-refractivity contribution in [2.45, 2.75) is 44.9 Å². The maximum Gasteiger partial charge on any atom is 0.321 e. The molecule has 1 saturated carbocycles. The van der Waals surface area contributed by atoms with Gasteiger partial charge in [0.25, 0.3) is 0 Å². The van der Waals surface area contributed by atoms with Crippen LogP contribution in [0.4, 0.5) is 10.5 Å². The minimum atomic E-state index is -0.155. The van der Waals surface area contributed by atoms with Gasteiger partial charge in [0.15, 0.2) is 0 Å². The van der Waals surface area contributed by atoms with E-state index in [-0.39, 0.29) is 17.9 Å². The van der Waals surface area contributed by atoms with E-state index in [0.717, 1.165) is 19.4 Å². The van der Waals surface area contributed by atoms with E-state index in [9.17, 15) is 9.59 Å². The number of anilines is 1. The lowest BCUT2D eigenvalue weighted by molar-refractivity contribution is -0.126. The summed E-state index contributed by atoms with van der Waals surface area (Å²) >= 11 is 5.87. The van der Waals surface area contributed by atoms with Crippen molar-refractivity contribution in [1.82, 2.24) is 10.2 Å². The van der Waals surface area contributed by atoms with E-state index in [1.54, 1.807) is 29.2 Å². The number of benzene rings is 1. The number of carbonyl (C=O) groups is 2. The van der Waals surface area contributed by atoms with Gasteiger partial charge < -0.3 is 15.5 Å². The van der Waals surface area contributed by atoms with Gasteiger partial charge >= 0.3 is 6.03 Å². The lowest BCUT2D eigenvalue weighted by Crippen LogP contribution is -2.47. The average Bonchev–Trinajstić information content (AvgIpc) is 2.69. The number of nitrogens with one attached hydrogen (secondary N) is 2. The summed E-state index contributed by atoms with van der Waals surface area (Å²) in [5.41, 5.74) is 0.711. The molecule has 1 atom stereocenters. The Balaban J connectivity index is 1.47. The molecule has 0 radical (unpaired) electrons. The third kappa shape index (κ3) is 5.37. The van der Waals surface area contributed by atoms with Gasteiger partial charge in [0.2, 0.25) is 5.91 Å². The molecule has 1 aliphatic carbocycles. The summed E-state index contributed by atoms with van der Waals surface area (Å²) < 4.78 is 0. The molecule has 3 amide bonds. The van der Waals surface area contributed by atoms with Gasteiger partial charge in [0, 0.05) is 30.3 Å². The van der Waals surface area contributed by atoms with Crippen LogP contribution in [-0.2, 0) is 4.79 Å². The zero-order chi connectivity index (χ0) is 18.4. The Morgan fingerprint density at radius 3 is 2.50 bits per heavy atom. The minimum absolute atomic E-state index is 0.0968. The zero-order valence-electron chi connectivity index (χ0n) is 15.2. The minimum Gasteiger partial charge on any atom is -0.356 e. The van der Waals surface area contributed by atoms with Crippen molar-refractivity contribution in [3.63, 3.8) is 0 Å². The summed E-state index contributed by atoms with van der Waals surface area (Å²) in [6.45, 7) is 1.95. The van der Waals surface area contributed by atoms with Crippen LogP contribution in [0.15, 0.2) is 24.3 Å². The maximum atomic E-state index is 12.5. The Labute approximate surface area is 160 Å². The first-order valence-corrected chi connectivity index (χ1v) is 10.1. The number of carbonyl (C=O) groups excluding carboxylic acids is 2. The topological polar surface area (TPSA) is 61.4 Å². The second kappa shape index (κ2) is 9.26. The number of rotatable bonds is 4. The van der Waals surface area contributed by atoms with E-state index in [2.05, 4.69) is 10.6 Å². The Morgan fingerprint density at radius 1 is 1.04 bits per heavy atom. The second-order valence-electron chi connectivity index (χ2n) is 7.47. The van der Waals surface area contributed by atoms with Crippen LogP contribution < -0.4 is 10.6 Å². The van der Waals surface area contributed by atoms with Crippen molar-refractivity contribution in [1.29, 1.82) is 0 Å². The summed E-state index contributed by atoms with van der Waals surface area (Å²) in [6, 6.07) is 6.89. The molecule has 5 nitrogen and oxygen atoms in total. The predicted octanol–water partition coefficient (Wildman–Crippen LogP) is 4.28. The number of likely N-dealkylation sites (tertiary alicyclic amines) is 1. The van der Waals surface area contributed by atoms with E-state index in [1.165, 1.54) is 32.1 Å². The van der Waals surface area contributed by atoms with Gasteiger partial charge in [-0.15, -0.1) is 0 Å². The number of urea groups is 1. The highest BCUT2D eigenvalue weighted by atomic mass is 35.5. The largest absolute Gasteiger partial charge is 0.356 e. The molecule has 1 aromatic carbocycles. The molecule has 1 aromatic rings. The predicted molar refractivity (Wildman–Crippen MR) is 104 cm³/mol. The Bertz CT molecular complexity index is 614. The molecule has 2 fully saturated rings. The van der Waals surface area contributed by atoms with Crippen molar-refractivity contribution >= 4 is 29.2 Å². The van der Waals surface area contributed by atoms with Gasteiger partial charge in [-0.1, -0.05) is 30.9 Å². The molecule has 2 aliphatic rings. The smallest absolute Gasteiger partial charge is 0.321 e. The van der Waals surface area contributed by atoms with E-state index in [4.69, 9.17) is 11.6 Å². The SMILES string of the molecule is O=C(NCC1CCCCC1)C1CCCN(C(=O)Nc2ccc(Cl)cc2)C1. The molecule has 1 aliphatic heterocycles. The summed E-state index contributed by atoms with van der Waals surface area (Å²) in [7, 11) is 0. The van der Waals surface area contributed by atoms with Crippen LogP contribution in [-0.4, -0.2) is 36.5 Å². The van der Waals surface area contributed by atoms with E-state index in [1.807, 2.05) is 0 Å². The Morgan fingerprint density at radius 2 is 1.77 bits per heavy atom. The lowest BCUT2D eigenvalue weighted by Gasteiger charge is -2.32. The van der Waals surface area contributed by atoms with Crippen molar-refractivity contribution in [2.24, 2.45) is 11.8 Å². The first kappa shape index (κ1) is 19.0. The zero-order valence-corrected chi connectivity index (χ0v) is 15.9. The molecule has 0 bridgehead atoms. The molecule has 26 heavy (non-hydrogen) atoms. The average molecular weight is 378 g/mol.